The Labute approximate surface area is 215 Å². The van der Waals surface area contributed by atoms with Gasteiger partial charge in [-0.3, -0.25) is 14.5 Å². The Morgan fingerprint density at radius 1 is 1.29 bits per heavy atom. The van der Waals surface area contributed by atoms with Gasteiger partial charge in [-0.15, -0.1) is 0 Å². The van der Waals surface area contributed by atoms with Crippen LogP contribution in [0.5, 0.6) is 0 Å². The number of Topliss-reactive ketones (excluding diaryl/α,β-unsaturated/α-hetero) is 1. The summed E-state index contributed by atoms with van der Waals surface area (Å²) in [6.07, 6.45) is -1.57. The number of nitrogens with one attached hydrogen (secondary N) is 1. The van der Waals surface area contributed by atoms with Crippen LogP contribution in [0.25, 0.3) is 11.3 Å². The number of carbonyl (C=O) groups excluding carboxylic acids is 2. The Morgan fingerprint density at radius 3 is 2.74 bits per heavy atom. The second kappa shape index (κ2) is 9.30. The summed E-state index contributed by atoms with van der Waals surface area (Å²) in [5, 5.41) is 2.66. The van der Waals surface area contributed by atoms with Crippen molar-refractivity contribution in [1.29, 1.82) is 0 Å². The Balaban J connectivity index is 1.47. The Bertz CT molecular complexity index is 1480. The third-order valence-electron chi connectivity index (χ3n) is 6.84. The van der Waals surface area contributed by atoms with Crippen molar-refractivity contribution >= 4 is 29.0 Å². The number of carbonyl (C=O) groups is 2. The SMILES string of the molecule is Cc1ncc(-c2cc(NC(=O)N3c4nc(C(=O)C[C@H](C)C(F)(F)F)ccc4N4CC[C@H]3C4)c(=O)n(C)c2)o1. The standard InChI is InChI=1S/C25H25F3N6O4/c1-13(25(26,27)28)8-20(35)17-4-5-19-22(30-17)34(16-6-7-33(19)12-16)24(37)31-18-9-15(11-32(3)23(18)36)21-10-29-14(2)38-21/h4-5,9-11,13,16H,6-8,12H2,1-3H3,(H,31,37)/t13-,16-/m0/s1. The zero-order valence-electron chi connectivity index (χ0n) is 20.9. The van der Waals surface area contributed by atoms with Crippen molar-refractivity contribution < 1.29 is 27.2 Å². The molecule has 38 heavy (non-hydrogen) atoms. The van der Waals surface area contributed by atoms with Crippen molar-refractivity contribution in [2.45, 2.75) is 38.9 Å². The summed E-state index contributed by atoms with van der Waals surface area (Å²) in [5.41, 5.74) is 0.504. The van der Waals surface area contributed by atoms with E-state index in [1.165, 1.54) is 34.8 Å². The molecule has 5 heterocycles. The summed E-state index contributed by atoms with van der Waals surface area (Å²) in [5.74, 6) is -1.57. The summed E-state index contributed by atoms with van der Waals surface area (Å²) < 4.78 is 45.9. The predicted octanol–water partition coefficient (Wildman–Crippen LogP) is 4.15. The van der Waals surface area contributed by atoms with Crippen LogP contribution in [0.1, 0.15) is 36.1 Å². The maximum Gasteiger partial charge on any atom is 0.391 e. The monoisotopic (exact) mass is 530 g/mol. The molecule has 2 aliphatic heterocycles. The maximum absolute atomic E-state index is 13.6. The van der Waals surface area contributed by atoms with Crippen LogP contribution >= 0.6 is 0 Å². The lowest BCUT2D eigenvalue weighted by atomic mass is 10.0. The quantitative estimate of drug-likeness (QED) is 0.493. The molecule has 3 aromatic rings. The number of hydrogen-bond donors (Lipinski definition) is 1. The number of nitrogens with zero attached hydrogens (tertiary/aromatic N) is 5. The number of alkyl halides is 3. The number of amides is 2. The highest BCUT2D eigenvalue weighted by Crippen LogP contribution is 2.39. The average molecular weight is 531 g/mol. The van der Waals surface area contributed by atoms with Crippen molar-refractivity contribution in [3.05, 3.63) is 52.5 Å². The zero-order chi connectivity index (χ0) is 27.4. The van der Waals surface area contributed by atoms with E-state index in [1.807, 2.05) is 4.90 Å². The average Bonchev–Trinajstić information content (AvgIpc) is 3.48. The van der Waals surface area contributed by atoms with Gasteiger partial charge in [0, 0.05) is 45.2 Å². The first-order chi connectivity index (χ1) is 17.9. The number of aryl methyl sites for hydroxylation is 2. The van der Waals surface area contributed by atoms with Crippen LogP contribution in [0.3, 0.4) is 0 Å². The van der Waals surface area contributed by atoms with E-state index in [-0.39, 0.29) is 23.2 Å². The number of oxazole rings is 1. The molecule has 2 aliphatic rings. The van der Waals surface area contributed by atoms with Crippen LogP contribution < -0.4 is 20.7 Å². The third-order valence-corrected chi connectivity index (χ3v) is 6.84. The van der Waals surface area contributed by atoms with E-state index < -0.39 is 35.9 Å². The summed E-state index contributed by atoms with van der Waals surface area (Å²) >= 11 is 0. The van der Waals surface area contributed by atoms with Gasteiger partial charge in [0.2, 0.25) is 0 Å². The minimum absolute atomic E-state index is 0.00253. The first kappa shape index (κ1) is 25.5. The van der Waals surface area contributed by atoms with Gasteiger partial charge in [-0.2, -0.15) is 13.2 Å². The highest BCUT2D eigenvalue weighted by Gasteiger charge is 2.41. The lowest BCUT2D eigenvalue weighted by Crippen LogP contribution is -2.49. The van der Waals surface area contributed by atoms with E-state index in [1.54, 1.807) is 19.2 Å². The van der Waals surface area contributed by atoms with E-state index >= 15 is 0 Å². The Morgan fingerprint density at radius 2 is 2.05 bits per heavy atom. The molecule has 2 bridgehead atoms. The number of fused-ring (bicyclic) bond motifs is 4. The molecule has 2 amide bonds. The molecular weight excluding hydrogens is 505 g/mol. The van der Waals surface area contributed by atoms with Crippen LogP contribution in [0, 0.1) is 12.8 Å². The van der Waals surface area contributed by atoms with E-state index in [4.69, 9.17) is 4.42 Å². The van der Waals surface area contributed by atoms with Crippen molar-refractivity contribution in [3.63, 3.8) is 0 Å². The number of hydrogen-bond acceptors (Lipinski definition) is 7. The van der Waals surface area contributed by atoms with Crippen LogP contribution in [0.4, 0.5) is 35.2 Å². The molecule has 0 aliphatic carbocycles. The van der Waals surface area contributed by atoms with E-state index in [0.717, 1.165) is 6.92 Å². The first-order valence-electron chi connectivity index (χ1n) is 12.0. The number of anilines is 3. The number of ketones is 1. The second-order valence-corrected chi connectivity index (χ2v) is 9.60. The Kier molecular flexibility index (Phi) is 6.24. The molecule has 1 N–H and O–H groups in total. The normalized spacial score (nSPS) is 17.4. The lowest BCUT2D eigenvalue weighted by molar-refractivity contribution is -0.168. The smallest absolute Gasteiger partial charge is 0.391 e. The number of rotatable bonds is 5. The van der Waals surface area contributed by atoms with Gasteiger partial charge in [0.15, 0.2) is 23.3 Å². The summed E-state index contributed by atoms with van der Waals surface area (Å²) in [7, 11) is 1.54. The molecule has 5 rings (SSSR count). The van der Waals surface area contributed by atoms with Crippen molar-refractivity contribution in [2.24, 2.45) is 13.0 Å². The van der Waals surface area contributed by atoms with Crippen molar-refractivity contribution in [2.75, 3.05) is 28.2 Å². The van der Waals surface area contributed by atoms with E-state index in [0.29, 0.717) is 42.4 Å². The predicted molar refractivity (Wildman–Crippen MR) is 132 cm³/mol. The number of pyridine rings is 2. The number of urea groups is 1. The molecule has 0 radical (unpaired) electrons. The van der Waals surface area contributed by atoms with Crippen LogP contribution in [0.15, 0.2) is 39.8 Å². The number of aromatic nitrogens is 3. The van der Waals surface area contributed by atoms with Gasteiger partial charge >= 0.3 is 12.2 Å². The first-order valence-corrected chi connectivity index (χ1v) is 12.0. The van der Waals surface area contributed by atoms with Gasteiger partial charge in [-0.1, -0.05) is 6.92 Å². The molecule has 0 aromatic carbocycles. The molecular formula is C25H25F3N6O4. The fourth-order valence-electron chi connectivity index (χ4n) is 4.73. The molecule has 13 heteroatoms. The molecule has 0 spiro atoms. The van der Waals surface area contributed by atoms with Crippen LogP contribution in [-0.2, 0) is 7.05 Å². The summed E-state index contributed by atoms with van der Waals surface area (Å²) in [6.45, 7) is 3.79. The van der Waals surface area contributed by atoms with Crippen LogP contribution in [-0.4, -0.2) is 51.7 Å². The molecule has 0 saturated carbocycles. The van der Waals surface area contributed by atoms with Crippen LogP contribution in [0.2, 0.25) is 0 Å². The fraction of sp³-hybridized carbons (Fsp3) is 0.400. The summed E-state index contributed by atoms with van der Waals surface area (Å²) in [4.78, 5) is 50.8. The highest BCUT2D eigenvalue weighted by atomic mass is 19.4. The zero-order valence-corrected chi connectivity index (χ0v) is 20.9. The van der Waals surface area contributed by atoms with Gasteiger partial charge in [0.25, 0.3) is 5.56 Å². The molecule has 1 saturated heterocycles. The minimum Gasteiger partial charge on any atom is -0.441 e. The van der Waals surface area contributed by atoms with Crippen molar-refractivity contribution in [3.8, 4) is 11.3 Å². The van der Waals surface area contributed by atoms with E-state index in [2.05, 4.69) is 15.3 Å². The molecule has 10 nitrogen and oxygen atoms in total. The third kappa shape index (κ3) is 4.63. The highest BCUT2D eigenvalue weighted by molar-refractivity contribution is 6.05. The van der Waals surface area contributed by atoms with Gasteiger partial charge in [0.05, 0.1) is 23.8 Å². The largest absolute Gasteiger partial charge is 0.441 e. The van der Waals surface area contributed by atoms with Gasteiger partial charge in [-0.05, 0) is 24.6 Å². The van der Waals surface area contributed by atoms with Gasteiger partial charge < -0.3 is 19.2 Å². The lowest BCUT2D eigenvalue weighted by Gasteiger charge is -2.35. The molecule has 1 fully saturated rings. The Hall–Kier alpha value is -4.16. The molecule has 3 aromatic heterocycles. The molecule has 2 atom stereocenters. The number of halogens is 3. The summed E-state index contributed by atoms with van der Waals surface area (Å²) in [6, 6.07) is 3.54. The minimum atomic E-state index is -4.51. The van der Waals surface area contributed by atoms with E-state index in [9.17, 15) is 27.6 Å². The molecule has 0 unspecified atom stereocenters. The molecule has 200 valence electrons. The van der Waals surface area contributed by atoms with Gasteiger partial charge in [0.1, 0.15) is 11.4 Å². The fourth-order valence-corrected chi connectivity index (χ4v) is 4.73. The maximum atomic E-state index is 13.6. The second-order valence-electron chi connectivity index (χ2n) is 9.60. The van der Waals surface area contributed by atoms with Crippen molar-refractivity contribution in [1.82, 2.24) is 14.5 Å². The van der Waals surface area contributed by atoms with Gasteiger partial charge in [-0.25, -0.2) is 14.8 Å². The topological polar surface area (TPSA) is 114 Å².